The van der Waals surface area contributed by atoms with Gasteiger partial charge in [0.15, 0.2) is 10.9 Å². The number of carbonyl (C=O) groups is 2. The van der Waals surface area contributed by atoms with E-state index < -0.39 is 0 Å². The Morgan fingerprint density at radius 1 is 1.10 bits per heavy atom. The van der Waals surface area contributed by atoms with Gasteiger partial charge in [-0.3, -0.25) is 9.59 Å². The van der Waals surface area contributed by atoms with Crippen LogP contribution in [0.3, 0.4) is 0 Å². The lowest BCUT2D eigenvalue weighted by atomic mass is 10.3. The number of anilines is 1. The Bertz CT molecular complexity index is 1070. The van der Waals surface area contributed by atoms with Crippen LogP contribution in [0.5, 0.6) is 11.5 Å². The number of carbonyl (C=O) groups excluding carboxylic acids is 2. The molecule has 0 aliphatic heterocycles. The summed E-state index contributed by atoms with van der Waals surface area (Å²) in [6, 6.07) is 16.7. The molecule has 0 spiro atoms. The van der Waals surface area contributed by atoms with Gasteiger partial charge in [0, 0.05) is 18.9 Å². The van der Waals surface area contributed by atoms with E-state index in [9.17, 15) is 9.59 Å². The highest BCUT2D eigenvalue weighted by molar-refractivity contribution is 7.99. The van der Waals surface area contributed by atoms with Crippen molar-refractivity contribution in [3.8, 4) is 11.5 Å². The molecule has 1 saturated carbocycles. The number of benzene rings is 2. The van der Waals surface area contributed by atoms with Crippen LogP contribution in [0.15, 0.2) is 59.8 Å². The molecule has 1 aliphatic rings. The molecule has 0 saturated heterocycles. The zero-order chi connectivity index (χ0) is 21.6. The van der Waals surface area contributed by atoms with E-state index in [1.165, 1.54) is 11.8 Å². The maximum absolute atomic E-state index is 12.6. The largest absolute Gasteiger partial charge is 0.455 e. The second-order valence-electron chi connectivity index (χ2n) is 7.23. The van der Waals surface area contributed by atoms with Crippen LogP contribution < -0.4 is 15.8 Å². The van der Waals surface area contributed by atoms with Gasteiger partial charge in [0.25, 0.3) is 0 Å². The minimum absolute atomic E-state index is 0.152. The molecule has 0 atom stereocenters. The summed E-state index contributed by atoms with van der Waals surface area (Å²) >= 11 is 1.29. The van der Waals surface area contributed by atoms with Crippen molar-refractivity contribution in [3.05, 3.63) is 60.4 Å². The lowest BCUT2D eigenvalue weighted by Crippen LogP contribution is -2.17. The number of para-hydroxylation sites is 3. The van der Waals surface area contributed by atoms with Gasteiger partial charge in [0.1, 0.15) is 11.6 Å². The van der Waals surface area contributed by atoms with Gasteiger partial charge >= 0.3 is 0 Å². The lowest BCUT2D eigenvalue weighted by Gasteiger charge is -2.12. The normalized spacial score (nSPS) is 13.0. The van der Waals surface area contributed by atoms with Gasteiger partial charge in [-0.15, -0.1) is 10.2 Å². The van der Waals surface area contributed by atoms with Crippen molar-refractivity contribution in [2.45, 2.75) is 36.9 Å². The number of nitrogens with two attached hydrogens (primary N) is 1. The summed E-state index contributed by atoms with van der Waals surface area (Å²) in [7, 11) is 0. The van der Waals surface area contributed by atoms with E-state index in [1.54, 1.807) is 12.1 Å². The molecular formula is C22H23N5O3S. The fourth-order valence-electron chi connectivity index (χ4n) is 3.07. The molecule has 3 aromatic rings. The van der Waals surface area contributed by atoms with Gasteiger partial charge in [0.2, 0.25) is 11.8 Å². The van der Waals surface area contributed by atoms with Gasteiger partial charge in [-0.25, -0.2) is 0 Å². The van der Waals surface area contributed by atoms with Crippen molar-refractivity contribution in [2.24, 2.45) is 5.73 Å². The number of rotatable bonds is 10. The SMILES string of the molecule is NC(=O)CCn1c(SCC(=O)Nc2ccccc2Oc2ccccc2)nnc1C1CC1. The molecule has 1 heterocycles. The fourth-order valence-corrected chi connectivity index (χ4v) is 3.84. The molecule has 8 nitrogen and oxygen atoms in total. The van der Waals surface area contributed by atoms with Crippen molar-refractivity contribution in [1.82, 2.24) is 14.8 Å². The highest BCUT2D eigenvalue weighted by Gasteiger charge is 2.30. The first-order valence-corrected chi connectivity index (χ1v) is 11.0. The smallest absolute Gasteiger partial charge is 0.234 e. The Kier molecular flexibility index (Phi) is 6.51. The van der Waals surface area contributed by atoms with Crippen molar-refractivity contribution in [3.63, 3.8) is 0 Å². The molecule has 2 amide bonds. The average molecular weight is 438 g/mol. The minimum Gasteiger partial charge on any atom is -0.455 e. The quantitative estimate of drug-likeness (QED) is 0.469. The lowest BCUT2D eigenvalue weighted by molar-refractivity contribution is -0.118. The molecule has 9 heteroatoms. The van der Waals surface area contributed by atoms with Crippen LogP contribution in [0.25, 0.3) is 0 Å². The van der Waals surface area contributed by atoms with Crippen LogP contribution >= 0.6 is 11.8 Å². The zero-order valence-electron chi connectivity index (χ0n) is 16.9. The molecule has 1 aliphatic carbocycles. The Labute approximate surface area is 184 Å². The first kappa shape index (κ1) is 20.9. The fraction of sp³-hybridized carbons (Fsp3) is 0.273. The van der Waals surface area contributed by atoms with E-state index in [-0.39, 0.29) is 24.0 Å². The second kappa shape index (κ2) is 9.65. The van der Waals surface area contributed by atoms with E-state index in [0.717, 1.165) is 18.7 Å². The Morgan fingerprint density at radius 2 is 1.84 bits per heavy atom. The number of aromatic nitrogens is 3. The van der Waals surface area contributed by atoms with Crippen molar-refractivity contribution >= 4 is 29.3 Å². The summed E-state index contributed by atoms with van der Waals surface area (Å²) in [6.45, 7) is 0.422. The number of thioether (sulfide) groups is 1. The molecule has 0 bridgehead atoms. The average Bonchev–Trinajstić information content (AvgIpc) is 3.53. The van der Waals surface area contributed by atoms with Gasteiger partial charge < -0.3 is 20.4 Å². The van der Waals surface area contributed by atoms with E-state index in [0.29, 0.717) is 34.8 Å². The molecule has 2 aromatic carbocycles. The Balaban J connectivity index is 1.40. The number of nitrogens with one attached hydrogen (secondary N) is 1. The molecule has 0 unspecified atom stereocenters. The number of ether oxygens (including phenoxy) is 1. The first-order valence-electron chi connectivity index (χ1n) is 10.1. The molecule has 1 aromatic heterocycles. The third-order valence-corrected chi connectivity index (χ3v) is 5.70. The summed E-state index contributed by atoms with van der Waals surface area (Å²) in [5.41, 5.74) is 5.89. The molecule has 1 fully saturated rings. The molecular weight excluding hydrogens is 414 g/mol. The molecule has 31 heavy (non-hydrogen) atoms. The number of amides is 2. The summed E-state index contributed by atoms with van der Waals surface area (Å²) in [6.07, 6.45) is 2.35. The standard InChI is InChI=1S/C22H23N5O3S/c23-19(28)12-13-27-21(15-10-11-15)25-26-22(27)31-14-20(29)24-17-8-4-5-9-18(17)30-16-6-2-1-3-7-16/h1-9,15H,10-14H2,(H2,23,28)(H,24,29). The molecule has 0 radical (unpaired) electrons. The number of primary amides is 1. The van der Waals surface area contributed by atoms with E-state index in [2.05, 4.69) is 15.5 Å². The molecule has 3 N–H and O–H groups in total. The third-order valence-electron chi connectivity index (χ3n) is 4.73. The summed E-state index contributed by atoms with van der Waals surface area (Å²) in [4.78, 5) is 23.8. The molecule has 160 valence electrons. The number of hydrogen-bond donors (Lipinski definition) is 2. The maximum atomic E-state index is 12.6. The van der Waals surface area contributed by atoms with E-state index in [4.69, 9.17) is 10.5 Å². The third kappa shape index (κ3) is 5.64. The van der Waals surface area contributed by atoms with Crippen molar-refractivity contribution in [1.29, 1.82) is 0 Å². The highest BCUT2D eigenvalue weighted by atomic mass is 32.2. The van der Waals surface area contributed by atoms with Crippen LogP contribution in [0, 0.1) is 0 Å². The van der Waals surface area contributed by atoms with Crippen LogP contribution in [-0.2, 0) is 16.1 Å². The summed E-state index contributed by atoms with van der Waals surface area (Å²) in [5.74, 6) is 2.09. The van der Waals surface area contributed by atoms with Crippen LogP contribution in [0.2, 0.25) is 0 Å². The summed E-state index contributed by atoms with van der Waals surface area (Å²) in [5, 5.41) is 12.0. The van der Waals surface area contributed by atoms with E-state index >= 15 is 0 Å². The van der Waals surface area contributed by atoms with Gasteiger partial charge in [-0.2, -0.15) is 0 Å². The molecule has 4 rings (SSSR count). The topological polar surface area (TPSA) is 112 Å². The Morgan fingerprint density at radius 3 is 2.58 bits per heavy atom. The maximum Gasteiger partial charge on any atom is 0.234 e. The van der Waals surface area contributed by atoms with Crippen LogP contribution in [0.4, 0.5) is 5.69 Å². The van der Waals surface area contributed by atoms with Crippen molar-refractivity contribution in [2.75, 3.05) is 11.1 Å². The number of nitrogens with zero attached hydrogens (tertiary/aromatic N) is 3. The second-order valence-corrected chi connectivity index (χ2v) is 8.17. The van der Waals surface area contributed by atoms with Crippen molar-refractivity contribution < 1.29 is 14.3 Å². The van der Waals surface area contributed by atoms with Crippen LogP contribution in [0.1, 0.15) is 31.0 Å². The van der Waals surface area contributed by atoms with E-state index in [1.807, 2.05) is 47.0 Å². The monoisotopic (exact) mass is 437 g/mol. The first-order chi connectivity index (χ1) is 15.1. The van der Waals surface area contributed by atoms with Gasteiger partial charge in [-0.05, 0) is 37.1 Å². The predicted octanol–water partition coefficient (Wildman–Crippen LogP) is 3.55. The minimum atomic E-state index is -0.376. The zero-order valence-corrected chi connectivity index (χ0v) is 17.7. The van der Waals surface area contributed by atoms with Crippen LogP contribution in [-0.4, -0.2) is 32.3 Å². The van der Waals surface area contributed by atoms with Gasteiger partial charge in [0.05, 0.1) is 11.4 Å². The van der Waals surface area contributed by atoms with Gasteiger partial charge in [-0.1, -0.05) is 42.1 Å². The Hall–Kier alpha value is -3.33. The predicted molar refractivity (Wildman–Crippen MR) is 118 cm³/mol. The summed E-state index contributed by atoms with van der Waals surface area (Å²) < 4.78 is 7.80. The highest BCUT2D eigenvalue weighted by Crippen LogP contribution is 2.40. The number of hydrogen-bond acceptors (Lipinski definition) is 6.